The molecule has 1 aliphatic rings. The molecule has 10 nitrogen and oxygen atoms in total. The Morgan fingerprint density at radius 1 is 1.32 bits per heavy atom. The summed E-state index contributed by atoms with van der Waals surface area (Å²) in [7, 11) is 0. The lowest BCUT2D eigenvalue weighted by molar-refractivity contribution is -0.118. The summed E-state index contributed by atoms with van der Waals surface area (Å²) < 4.78 is 1.37. The van der Waals surface area contributed by atoms with Gasteiger partial charge in [0.05, 0.1) is 11.9 Å². The molecule has 0 unspecified atom stereocenters. The Bertz CT molecular complexity index is 732. The second-order valence-corrected chi connectivity index (χ2v) is 5.83. The van der Waals surface area contributed by atoms with E-state index in [2.05, 4.69) is 30.6 Å². The minimum Gasteiger partial charge on any atom is -0.368 e. The monoisotopic (exact) mass is 344 g/mol. The standard InChI is InChI=1S/C15H20N8O2/c16-13(24)10-23-9-12(7-19-23)21-15(25)20-11-3-1-6-22(8-11)14-17-4-2-5-18-14/h2,4-5,7,9,11H,1,3,6,8,10H2,(H2,16,24)(H2,20,21,25)/t11-/m1/s1. The zero-order valence-corrected chi connectivity index (χ0v) is 13.6. The molecule has 1 atom stereocenters. The Morgan fingerprint density at radius 3 is 2.88 bits per heavy atom. The molecule has 0 saturated carbocycles. The lowest BCUT2D eigenvalue weighted by atomic mass is 10.1. The third kappa shape index (κ3) is 4.66. The Morgan fingerprint density at radius 2 is 2.12 bits per heavy atom. The lowest BCUT2D eigenvalue weighted by Gasteiger charge is -2.33. The maximum absolute atomic E-state index is 12.2. The summed E-state index contributed by atoms with van der Waals surface area (Å²) in [4.78, 5) is 33.6. The van der Waals surface area contributed by atoms with Crippen LogP contribution in [-0.4, -0.2) is 50.8 Å². The first-order valence-electron chi connectivity index (χ1n) is 8.00. The van der Waals surface area contributed by atoms with Crippen molar-refractivity contribution >= 4 is 23.6 Å². The number of aromatic nitrogens is 4. The number of nitrogens with one attached hydrogen (secondary N) is 2. The quantitative estimate of drug-likeness (QED) is 0.697. The van der Waals surface area contributed by atoms with Crippen LogP contribution in [0.25, 0.3) is 0 Å². The summed E-state index contributed by atoms with van der Waals surface area (Å²) in [5.41, 5.74) is 5.60. The molecule has 3 heterocycles. The number of hydrogen-bond acceptors (Lipinski definition) is 6. The second kappa shape index (κ2) is 7.60. The van der Waals surface area contributed by atoms with Gasteiger partial charge in [0.1, 0.15) is 6.54 Å². The highest BCUT2D eigenvalue weighted by Crippen LogP contribution is 2.15. The highest BCUT2D eigenvalue weighted by atomic mass is 16.2. The van der Waals surface area contributed by atoms with Gasteiger partial charge in [0.2, 0.25) is 11.9 Å². The molecule has 0 aliphatic carbocycles. The molecular weight excluding hydrogens is 324 g/mol. The molecule has 2 aromatic rings. The van der Waals surface area contributed by atoms with Gasteiger partial charge in [-0.05, 0) is 18.9 Å². The molecule has 4 N–H and O–H groups in total. The van der Waals surface area contributed by atoms with E-state index >= 15 is 0 Å². The van der Waals surface area contributed by atoms with E-state index in [0.29, 0.717) is 18.2 Å². The third-order valence-electron chi connectivity index (χ3n) is 3.80. The van der Waals surface area contributed by atoms with Crippen LogP contribution in [0.15, 0.2) is 30.9 Å². The summed E-state index contributed by atoms with van der Waals surface area (Å²) in [5, 5.41) is 9.60. The molecule has 25 heavy (non-hydrogen) atoms. The van der Waals surface area contributed by atoms with E-state index in [9.17, 15) is 9.59 Å². The fourth-order valence-corrected chi connectivity index (χ4v) is 2.76. The SMILES string of the molecule is NC(=O)Cn1cc(NC(=O)N[C@@H]2CCCN(c3ncccn3)C2)cn1. The average molecular weight is 344 g/mol. The normalized spacial score (nSPS) is 17.1. The molecule has 1 fully saturated rings. The maximum atomic E-state index is 12.2. The first-order valence-corrected chi connectivity index (χ1v) is 8.00. The van der Waals surface area contributed by atoms with E-state index < -0.39 is 5.91 Å². The topological polar surface area (TPSA) is 131 Å². The molecule has 0 spiro atoms. The molecule has 0 aromatic carbocycles. The summed E-state index contributed by atoms with van der Waals surface area (Å²) in [6, 6.07) is 1.45. The maximum Gasteiger partial charge on any atom is 0.319 e. The zero-order valence-electron chi connectivity index (χ0n) is 13.6. The minimum absolute atomic E-state index is 0.00165. The fourth-order valence-electron chi connectivity index (χ4n) is 2.76. The minimum atomic E-state index is -0.496. The van der Waals surface area contributed by atoms with Crippen LogP contribution in [0.4, 0.5) is 16.4 Å². The van der Waals surface area contributed by atoms with Crippen molar-refractivity contribution in [2.45, 2.75) is 25.4 Å². The van der Waals surface area contributed by atoms with E-state index in [-0.39, 0.29) is 18.6 Å². The number of carbonyl (C=O) groups excluding carboxylic acids is 2. The first kappa shape index (κ1) is 16.7. The van der Waals surface area contributed by atoms with Crippen LogP contribution < -0.4 is 21.3 Å². The summed E-state index contributed by atoms with van der Waals surface area (Å²) in [6.07, 6.45) is 8.26. The van der Waals surface area contributed by atoms with Crippen LogP contribution in [0, 0.1) is 0 Å². The predicted molar refractivity (Wildman–Crippen MR) is 90.8 cm³/mol. The molecule has 3 rings (SSSR count). The molecule has 1 saturated heterocycles. The number of hydrogen-bond donors (Lipinski definition) is 3. The van der Waals surface area contributed by atoms with Crippen molar-refractivity contribution in [2.24, 2.45) is 5.73 Å². The number of nitrogens with two attached hydrogens (primary N) is 1. The van der Waals surface area contributed by atoms with Crippen molar-refractivity contribution in [3.05, 3.63) is 30.9 Å². The van der Waals surface area contributed by atoms with Gasteiger partial charge >= 0.3 is 6.03 Å². The predicted octanol–water partition coefficient (Wildman–Crippen LogP) is -0.0511. The van der Waals surface area contributed by atoms with Crippen LogP contribution in [0.5, 0.6) is 0 Å². The Labute approximate surface area is 144 Å². The summed E-state index contributed by atoms with van der Waals surface area (Å²) in [6.45, 7) is 1.49. The van der Waals surface area contributed by atoms with E-state index in [1.807, 2.05) is 0 Å². The molecule has 2 aromatic heterocycles. The Kier molecular flexibility index (Phi) is 5.07. The van der Waals surface area contributed by atoms with E-state index in [0.717, 1.165) is 19.4 Å². The van der Waals surface area contributed by atoms with Crippen molar-refractivity contribution < 1.29 is 9.59 Å². The number of carbonyl (C=O) groups is 2. The van der Waals surface area contributed by atoms with Gasteiger partial charge in [-0.25, -0.2) is 14.8 Å². The Balaban J connectivity index is 1.52. The van der Waals surface area contributed by atoms with Crippen molar-refractivity contribution in [1.82, 2.24) is 25.1 Å². The number of piperidine rings is 1. The molecule has 0 bridgehead atoms. The van der Waals surface area contributed by atoms with E-state index in [1.165, 1.54) is 10.9 Å². The van der Waals surface area contributed by atoms with Crippen LogP contribution in [-0.2, 0) is 11.3 Å². The van der Waals surface area contributed by atoms with E-state index in [1.54, 1.807) is 24.7 Å². The average Bonchev–Trinajstić information content (AvgIpc) is 3.02. The second-order valence-electron chi connectivity index (χ2n) is 5.83. The van der Waals surface area contributed by atoms with Gasteiger partial charge in [-0.1, -0.05) is 0 Å². The smallest absolute Gasteiger partial charge is 0.319 e. The van der Waals surface area contributed by atoms with Crippen LogP contribution >= 0.6 is 0 Å². The summed E-state index contributed by atoms with van der Waals surface area (Å²) in [5.74, 6) is 0.173. The molecule has 3 amide bonds. The van der Waals surface area contributed by atoms with Crippen molar-refractivity contribution in [2.75, 3.05) is 23.3 Å². The number of urea groups is 1. The van der Waals surface area contributed by atoms with E-state index in [4.69, 9.17) is 5.73 Å². The van der Waals surface area contributed by atoms with Crippen molar-refractivity contribution in [3.8, 4) is 0 Å². The molecule has 132 valence electrons. The largest absolute Gasteiger partial charge is 0.368 e. The molecule has 0 radical (unpaired) electrons. The highest BCUT2D eigenvalue weighted by Gasteiger charge is 2.23. The third-order valence-corrected chi connectivity index (χ3v) is 3.80. The van der Waals surface area contributed by atoms with Gasteiger partial charge in [-0.2, -0.15) is 5.10 Å². The van der Waals surface area contributed by atoms with Crippen molar-refractivity contribution in [1.29, 1.82) is 0 Å². The number of primary amides is 1. The van der Waals surface area contributed by atoms with Crippen molar-refractivity contribution in [3.63, 3.8) is 0 Å². The van der Waals surface area contributed by atoms with Gasteiger partial charge in [0.15, 0.2) is 0 Å². The summed E-state index contributed by atoms with van der Waals surface area (Å²) >= 11 is 0. The first-order chi connectivity index (χ1) is 12.1. The zero-order chi connectivity index (χ0) is 17.6. The van der Waals surface area contributed by atoms with Gasteiger partial charge in [0, 0.05) is 37.7 Å². The lowest BCUT2D eigenvalue weighted by Crippen LogP contribution is -2.49. The fraction of sp³-hybridized carbons (Fsp3) is 0.400. The number of nitrogens with zero attached hydrogens (tertiary/aromatic N) is 5. The van der Waals surface area contributed by atoms with Gasteiger partial charge in [-0.15, -0.1) is 0 Å². The van der Waals surface area contributed by atoms with Crippen LogP contribution in [0.1, 0.15) is 12.8 Å². The van der Waals surface area contributed by atoms with Gasteiger partial charge < -0.3 is 21.3 Å². The Hall–Kier alpha value is -3.17. The molecule has 1 aliphatic heterocycles. The van der Waals surface area contributed by atoms with Gasteiger partial charge in [-0.3, -0.25) is 9.48 Å². The van der Waals surface area contributed by atoms with Gasteiger partial charge in [0.25, 0.3) is 0 Å². The highest BCUT2D eigenvalue weighted by molar-refractivity contribution is 5.89. The number of amides is 3. The number of rotatable bonds is 5. The van der Waals surface area contributed by atoms with Crippen LogP contribution in [0.3, 0.4) is 0 Å². The van der Waals surface area contributed by atoms with Crippen LogP contribution in [0.2, 0.25) is 0 Å². The molecule has 10 heteroatoms. The molecular formula is C15H20N8O2. The number of anilines is 2.